The Labute approximate surface area is 117 Å². The van der Waals surface area contributed by atoms with E-state index in [1.54, 1.807) is 0 Å². The summed E-state index contributed by atoms with van der Waals surface area (Å²) in [6.45, 7) is 0.326. The van der Waals surface area contributed by atoms with Crippen molar-refractivity contribution >= 4 is 11.9 Å². The van der Waals surface area contributed by atoms with Crippen LogP contribution in [0.5, 0.6) is 0 Å². The molecule has 2 unspecified atom stereocenters. The molecule has 1 aliphatic carbocycles. The highest BCUT2D eigenvalue weighted by molar-refractivity contribution is 5.94. The predicted molar refractivity (Wildman–Crippen MR) is 71.8 cm³/mol. The minimum atomic E-state index is -0.797. The van der Waals surface area contributed by atoms with Crippen molar-refractivity contribution in [1.82, 2.24) is 5.32 Å². The van der Waals surface area contributed by atoms with Crippen LogP contribution in [0.15, 0.2) is 24.3 Å². The van der Waals surface area contributed by atoms with Crippen molar-refractivity contribution in [3.8, 4) is 0 Å². The maximum absolute atomic E-state index is 13.0. The zero-order chi connectivity index (χ0) is 14.5. The third-order valence-electron chi connectivity index (χ3n) is 3.84. The van der Waals surface area contributed by atoms with Crippen molar-refractivity contribution in [1.29, 1.82) is 0 Å². The molecule has 1 aliphatic rings. The lowest BCUT2D eigenvalue weighted by molar-refractivity contribution is -0.144. The lowest BCUT2D eigenvalue weighted by Gasteiger charge is -2.28. The number of carboxylic acids is 1. The predicted octanol–water partition coefficient (Wildman–Crippen LogP) is 2.45. The lowest BCUT2D eigenvalue weighted by Crippen LogP contribution is -2.37. The largest absolute Gasteiger partial charge is 0.481 e. The highest BCUT2D eigenvalue weighted by Gasteiger charge is 2.30. The highest BCUT2D eigenvalue weighted by Crippen LogP contribution is 2.29. The fourth-order valence-electron chi connectivity index (χ4n) is 2.73. The van der Waals surface area contributed by atoms with Crippen LogP contribution in [-0.2, 0) is 4.79 Å². The number of benzene rings is 1. The number of carbonyl (C=O) groups excluding carboxylic acids is 1. The average molecular weight is 279 g/mol. The molecule has 2 N–H and O–H groups in total. The number of hydrogen-bond acceptors (Lipinski definition) is 2. The van der Waals surface area contributed by atoms with Gasteiger partial charge in [0.25, 0.3) is 5.91 Å². The van der Waals surface area contributed by atoms with Crippen LogP contribution in [0.1, 0.15) is 36.0 Å². The van der Waals surface area contributed by atoms with Gasteiger partial charge in [0.2, 0.25) is 0 Å². The van der Waals surface area contributed by atoms with Crippen LogP contribution in [-0.4, -0.2) is 23.5 Å². The van der Waals surface area contributed by atoms with E-state index in [2.05, 4.69) is 5.32 Å². The fourth-order valence-corrected chi connectivity index (χ4v) is 2.73. The number of carbonyl (C=O) groups is 2. The Balaban J connectivity index is 1.93. The summed E-state index contributed by atoms with van der Waals surface area (Å²) in [4.78, 5) is 23.1. The van der Waals surface area contributed by atoms with Gasteiger partial charge in [-0.2, -0.15) is 0 Å². The average Bonchev–Trinajstić information content (AvgIpc) is 2.45. The van der Waals surface area contributed by atoms with Crippen LogP contribution in [0, 0.1) is 17.7 Å². The monoisotopic (exact) mass is 279 g/mol. The minimum Gasteiger partial charge on any atom is -0.481 e. The van der Waals surface area contributed by atoms with E-state index >= 15 is 0 Å². The van der Waals surface area contributed by atoms with E-state index in [1.807, 2.05) is 0 Å². The fraction of sp³-hybridized carbons (Fsp3) is 0.467. The number of carboxylic acid groups (broad SMARTS) is 1. The first-order valence-corrected chi connectivity index (χ1v) is 6.84. The van der Waals surface area contributed by atoms with E-state index in [4.69, 9.17) is 5.11 Å². The Bertz CT molecular complexity index is 504. The van der Waals surface area contributed by atoms with Gasteiger partial charge in [0, 0.05) is 12.1 Å². The molecule has 1 fully saturated rings. The van der Waals surface area contributed by atoms with Gasteiger partial charge in [0.05, 0.1) is 5.92 Å². The Kier molecular flexibility index (Phi) is 4.71. The molecule has 4 nitrogen and oxygen atoms in total. The minimum absolute atomic E-state index is 0.0428. The SMILES string of the molecule is O=C(NCC1CCCCC1C(=O)O)c1cccc(F)c1. The van der Waals surface area contributed by atoms with Gasteiger partial charge in [0.15, 0.2) is 0 Å². The summed E-state index contributed by atoms with van der Waals surface area (Å²) in [5.74, 6) is -2.05. The van der Waals surface area contributed by atoms with Crippen LogP contribution in [0.4, 0.5) is 4.39 Å². The summed E-state index contributed by atoms with van der Waals surface area (Å²) < 4.78 is 13.0. The molecule has 0 heterocycles. The summed E-state index contributed by atoms with van der Waals surface area (Å²) in [6.07, 6.45) is 3.38. The van der Waals surface area contributed by atoms with E-state index in [9.17, 15) is 14.0 Å². The number of halogens is 1. The zero-order valence-electron chi connectivity index (χ0n) is 11.1. The summed E-state index contributed by atoms with van der Waals surface area (Å²) >= 11 is 0. The van der Waals surface area contributed by atoms with Crippen molar-refractivity contribution in [2.45, 2.75) is 25.7 Å². The van der Waals surface area contributed by atoms with Crippen LogP contribution in [0.3, 0.4) is 0 Å². The molecular formula is C15H18FNO3. The molecule has 1 saturated carbocycles. The first-order chi connectivity index (χ1) is 9.58. The summed E-state index contributed by atoms with van der Waals surface area (Å²) in [5.41, 5.74) is 0.257. The maximum atomic E-state index is 13.0. The van der Waals surface area contributed by atoms with E-state index in [-0.39, 0.29) is 17.4 Å². The molecule has 5 heteroatoms. The lowest BCUT2D eigenvalue weighted by atomic mass is 9.79. The molecule has 0 saturated heterocycles. The van der Waals surface area contributed by atoms with Crippen LogP contribution in [0.25, 0.3) is 0 Å². The Hall–Kier alpha value is -1.91. The second-order valence-corrected chi connectivity index (χ2v) is 5.21. The van der Waals surface area contributed by atoms with Gasteiger partial charge in [0.1, 0.15) is 5.82 Å². The first kappa shape index (κ1) is 14.5. The first-order valence-electron chi connectivity index (χ1n) is 6.84. The summed E-state index contributed by atoms with van der Waals surface area (Å²) in [5, 5.41) is 11.9. The van der Waals surface area contributed by atoms with Crippen molar-refractivity contribution < 1.29 is 19.1 Å². The van der Waals surface area contributed by atoms with Crippen LogP contribution < -0.4 is 5.32 Å². The molecular weight excluding hydrogens is 261 g/mol. The molecule has 1 amide bonds. The number of rotatable bonds is 4. The molecule has 2 atom stereocenters. The Morgan fingerprint density at radius 2 is 2.05 bits per heavy atom. The van der Waals surface area contributed by atoms with Crippen LogP contribution >= 0.6 is 0 Å². The van der Waals surface area contributed by atoms with Crippen LogP contribution in [0.2, 0.25) is 0 Å². The standard InChI is InChI=1S/C15H18FNO3/c16-12-6-3-5-10(8-12)14(18)17-9-11-4-1-2-7-13(11)15(19)20/h3,5-6,8,11,13H,1-2,4,7,9H2,(H,17,18)(H,19,20). The highest BCUT2D eigenvalue weighted by atomic mass is 19.1. The summed E-state index contributed by atoms with van der Waals surface area (Å²) in [6, 6.07) is 5.46. The molecule has 0 aromatic heterocycles. The van der Waals surface area contributed by atoms with Gasteiger partial charge in [-0.05, 0) is 37.0 Å². The van der Waals surface area contributed by atoms with E-state index in [1.165, 1.54) is 24.3 Å². The van der Waals surface area contributed by atoms with Crippen molar-refractivity contribution in [2.24, 2.45) is 11.8 Å². The second-order valence-electron chi connectivity index (χ2n) is 5.21. The second kappa shape index (κ2) is 6.50. The van der Waals surface area contributed by atoms with Gasteiger partial charge in [-0.1, -0.05) is 18.9 Å². The molecule has 108 valence electrons. The molecule has 1 aromatic rings. The zero-order valence-corrected chi connectivity index (χ0v) is 11.1. The normalized spacial score (nSPS) is 22.2. The van der Waals surface area contributed by atoms with E-state index < -0.39 is 17.7 Å². The van der Waals surface area contributed by atoms with Gasteiger partial charge >= 0.3 is 5.97 Å². The Morgan fingerprint density at radius 3 is 2.75 bits per heavy atom. The quantitative estimate of drug-likeness (QED) is 0.889. The molecule has 0 radical (unpaired) electrons. The molecule has 0 aliphatic heterocycles. The topological polar surface area (TPSA) is 66.4 Å². The third-order valence-corrected chi connectivity index (χ3v) is 3.84. The number of nitrogens with one attached hydrogen (secondary N) is 1. The molecule has 1 aromatic carbocycles. The molecule has 2 rings (SSSR count). The van der Waals surface area contributed by atoms with E-state index in [0.717, 1.165) is 19.3 Å². The van der Waals surface area contributed by atoms with Crippen molar-refractivity contribution in [3.63, 3.8) is 0 Å². The maximum Gasteiger partial charge on any atom is 0.306 e. The van der Waals surface area contributed by atoms with Crippen molar-refractivity contribution in [2.75, 3.05) is 6.54 Å². The van der Waals surface area contributed by atoms with Gasteiger partial charge < -0.3 is 10.4 Å². The number of amides is 1. The van der Waals surface area contributed by atoms with Gasteiger partial charge in [-0.15, -0.1) is 0 Å². The van der Waals surface area contributed by atoms with Gasteiger partial charge in [-0.3, -0.25) is 9.59 Å². The third kappa shape index (κ3) is 3.56. The van der Waals surface area contributed by atoms with Gasteiger partial charge in [-0.25, -0.2) is 4.39 Å². The molecule has 0 spiro atoms. The Morgan fingerprint density at radius 1 is 1.30 bits per heavy atom. The summed E-state index contributed by atoms with van der Waals surface area (Å²) in [7, 11) is 0. The smallest absolute Gasteiger partial charge is 0.306 e. The molecule has 0 bridgehead atoms. The van der Waals surface area contributed by atoms with Crippen molar-refractivity contribution in [3.05, 3.63) is 35.6 Å². The number of aliphatic carboxylic acids is 1. The number of hydrogen-bond donors (Lipinski definition) is 2. The van der Waals surface area contributed by atoms with E-state index in [0.29, 0.717) is 13.0 Å². The molecule has 20 heavy (non-hydrogen) atoms.